The zero-order valence-corrected chi connectivity index (χ0v) is 16.7. The fourth-order valence-electron chi connectivity index (χ4n) is 3.96. The van der Waals surface area contributed by atoms with Gasteiger partial charge in [-0.15, -0.1) is 5.10 Å². The van der Waals surface area contributed by atoms with Crippen LogP contribution in [0.3, 0.4) is 0 Å². The largest absolute Gasteiger partial charge is 0.325 e. The van der Waals surface area contributed by atoms with E-state index in [1.165, 1.54) is 22.9 Å². The predicted molar refractivity (Wildman–Crippen MR) is 103 cm³/mol. The highest BCUT2D eigenvalue weighted by Crippen LogP contribution is 2.36. The highest BCUT2D eigenvalue weighted by atomic mass is 19.1. The summed E-state index contributed by atoms with van der Waals surface area (Å²) < 4.78 is 15.4. The molecule has 2 heterocycles. The van der Waals surface area contributed by atoms with Crippen molar-refractivity contribution >= 4 is 23.5 Å². The molecule has 2 aromatic rings. The number of benzene rings is 1. The second-order valence-corrected chi connectivity index (χ2v) is 7.94. The van der Waals surface area contributed by atoms with Gasteiger partial charge in [0.25, 0.3) is 5.91 Å². The van der Waals surface area contributed by atoms with Gasteiger partial charge in [-0.3, -0.25) is 14.5 Å². The van der Waals surface area contributed by atoms with E-state index in [1.807, 2.05) is 0 Å². The van der Waals surface area contributed by atoms with Gasteiger partial charge in [-0.25, -0.2) is 9.18 Å². The Labute approximate surface area is 171 Å². The van der Waals surface area contributed by atoms with Crippen LogP contribution in [0, 0.1) is 18.7 Å². The van der Waals surface area contributed by atoms with Gasteiger partial charge < -0.3 is 10.6 Å². The number of aryl methyl sites for hydroxylation is 1. The Hall–Kier alpha value is -3.37. The second kappa shape index (κ2) is 7.47. The van der Waals surface area contributed by atoms with Crippen LogP contribution >= 0.6 is 0 Å². The van der Waals surface area contributed by atoms with Crippen molar-refractivity contribution in [2.24, 2.45) is 5.92 Å². The van der Waals surface area contributed by atoms with E-state index >= 15 is 0 Å². The van der Waals surface area contributed by atoms with Crippen molar-refractivity contribution in [3.8, 4) is 5.69 Å². The average molecular weight is 415 g/mol. The molecule has 2 N–H and O–H groups in total. The molecule has 158 valence electrons. The SMILES string of the molecule is Cc1nnnn1-c1cc(NC(=O)CN2C(=O)NC3(CCC(C)CC3)C2=O)ccc1F. The monoisotopic (exact) mass is 415 g/mol. The van der Waals surface area contributed by atoms with Gasteiger partial charge in [0.1, 0.15) is 23.6 Å². The van der Waals surface area contributed by atoms with E-state index < -0.39 is 29.8 Å². The maximum absolute atomic E-state index is 14.2. The number of nitrogens with one attached hydrogen (secondary N) is 2. The Kier molecular flexibility index (Phi) is 4.96. The van der Waals surface area contributed by atoms with E-state index in [0.717, 1.165) is 17.7 Å². The lowest BCUT2D eigenvalue weighted by Gasteiger charge is -2.33. The zero-order valence-electron chi connectivity index (χ0n) is 16.7. The summed E-state index contributed by atoms with van der Waals surface area (Å²) in [4.78, 5) is 38.7. The maximum atomic E-state index is 14.2. The molecule has 1 aliphatic heterocycles. The van der Waals surface area contributed by atoms with Gasteiger partial charge in [0, 0.05) is 5.69 Å². The summed E-state index contributed by atoms with van der Waals surface area (Å²) in [5, 5.41) is 16.3. The third-order valence-electron chi connectivity index (χ3n) is 5.76. The molecule has 0 unspecified atom stereocenters. The molecule has 4 rings (SSSR count). The van der Waals surface area contributed by atoms with Crippen LogP contribution in [0.4, 0.5) is 14.9 Å². The highest BCUT2D eigenvalue weighted by Gasteiger charge is 2.52. The minimum atomic E-state index is -0.898. The first-order valence-corrected chi connectivity index (χ1v) is 9.78. The van der Waals surface area contributed by atoms with Gasteiger partial charge >= 0.3 is 6.03 Å². The maximum Gasteiger partial charge on any atom is 0.325 e. The minimum absolute atomic E-state index is 0.0700. The number of rotatable bonds is 4. The number of carbonyl (C=O) groups is 3. The number of amides is 4. The molecule has 1 saturated heterocycles. The van der Waals surface area contributed by atoms with Crippen LogP contribution in [0.1, 0.15) is 38.4 Å². The summed E-state index contributed by atoms with van der Waals surface area (Å²) in [6.07, 6.45) is 2.84. The molecule has 0 atom stereocenters. The zero-order chi connectivity index (χ0) is 21.5. The van der Waals surface area contributed by atoms with E-state index in [2.05, 4.69) is 33.1 Å². The van der Waals surface area contributed by atoms with Crippen molar-refractivity contribution in [1.29, 1.82) is 0 Å². The van der Waals surface area contributed by atoms with Crippen LogP contribution in [0.5, 0.6) is 0 Å². The van der Waals surface area contributed by atoms with Crippen LogP contribution in [-0.2, 0) is 9.59 Å². The third-order valence-corrected chi connectivity index (χ3v) is 5.76. The number of nitrogens with zero attached hydrogens (tertiary/aromatic N) is 5. The van der Waals surface area contributed by atoms with E-state index in [4.69, 9.17) is 0 Å². The first kappa shape index (κ1) is 19.9. The van der Waals surface area contributed by atoms with Crippen LogP contribution in [0.25, 0.3) is 5.69 Å². The number of imide groups is 1. The van der Waals surface area contributed by atoms with Gasteiger partial charge in [-0.1, -0.05) is 6.92 Å². The Morgan fingerprint density at radius 1 is 1.33 bits per heavy atom. The lowest BCUT2D eigenvalue weighted by molar-refractivity contribution is -0.135. The molecule has 0 bridgehead atoms. The van der Waals surface area contributed by atoms with Crippen molar-refractivity contribution in [2.75, 3.05) is 11.9 Å². The fourth-order valence-corrected chi connectivity index (χ4v) is 3.96. The van der Waals surface area contributed by atoms with Gasteiger partial charge in [-0.2, -0.15) is 4.68 Å². The van der Waals surface area contributed by atoms with E-state index in [0.29, 0.717) is 30.3 Å². The summed E-state index contributed by atoms with van der Waals surface area (Å²) in [5.41, 5.74) is -0.537. The van der Waals surface area contributed by atoms with E-state index in [-0.39, 0.29) is 11.6 Å². The van der Waals surface area contributed by atoms with Crippen LogP contribution in [0.15, 0.2) is 18.2 Å². The van der Waals surface area contributed by atoms with Crippen molar-refractivity contribution in [2.45, 2.75) is 45.1 Å². The molecular weight excluding hydrogens is 393 g/mol. The molecule has 0 radical (unpaired) electrons. The second-order valence-electron chi connectivity index (χ2n) is 7.94. The van der Waals surface area contributed by atoms with Gasteiger partial charge in [0.05, 0.1) is 0 Å². The summed E-state index contributed by atoms with van der Waals surface area (Å²) in [5.74, 6) is -0.603. The van der Waals surface area contributed by atoms with Crippen molar-refractivity contribution < 1.29 is 18.8 Å². The van der Waals surface area contributed by atoms with Gasteiger partial charge in [0.15, 0.2) is 5.82 Å². The van der Waals surface area contributed by atoms with E-state index in [1.54, 1.807) is 6.92 Å². The van der Waals surface area contributed by atoms with Crippen molar-refractivity contribution in [3.63, 3.8) is 0 Å². The average Bonchev–Trinajstić information content (AvgIpc) is 3.23. The molecule has 1 aromatic heterocycles. The first-order valence-electron chi connectivity index (χ1n) is 9.78. The molecule has 2 fully saturated rings. The van der Waals surface area contributed by atoms with Crippen LogP contribution < -0.4 is 10.6 Å². The Morgan fingerprint density at radius 2 is 2.07 bits per heavy atom. The fraction of sp³-hybridized carbons (Fsp3) is 0.474. The molecule has 1 spiro atoms. The van der Waals surface area contributed by atoms with Crippen LogP contribution in [0.2, 0.25) is 0 Å². The molecule has 1 aromatic carbocycles. The number of carbonyl (C=O) groups excluding carboxylic acids is 3. The molecule has 10 nitrogen and oxygen atoms in total. The number of halogens is 1. The Bertz CT molecular complexity index is 1010. The molecule has 2 aliphatic rings. The van der Waals surface area contributed by atoms with Gasteiger partial charge in [-0.05, 0) is 67.2 Å². The van der Waals surface area contributed by atoms with Gasteiger partial charge in [0.2, 0.25) is 5.91 Å². The lowest BCUT2D eigenvalue weighted by atomic mass is 9.77. The van der Waals surface area contributed by atoms with Crippen LogP contribution in [-0.4, -0.2) is 55.0 Å². The first-order chi connectivity index (χ1) is 14.3. The molecule has 4 amide bonds. The standard InChI is InChI=1S/C19H22FN7O3/c1-11-5-7-19(8-6-11)17(29)26(18(30)22-19)10-16(28)21-13-3-4-14(20)15(9-13)27-12(2)23-24-25-27/h3-4,9,11H,5-8,10H2,1-2H3,(H,21,28)(H,22,30). The highest BCUT2D eigenvalue weighted by molar-refractivity contribution is 6.10. The third kappa shape index (κ3) is 3.51. The lowest BCUT2D eigenvalue weighted by Crippen LogP contribution is -2.49. The Balaban J connectivity index is 1.46. The number of anilines is 1. The summed E-state index contributed by atoms with van der Waals surface area (Å²) in [6.45, 7) is 3.32. The number of hydrogen-bond acceptors (Lipinski definition) is 6. The van der Waals surface area contributed by atoms with E-state index in [9.17, 15) is 18.8 Å². The Morgan fingerprint density at radius 3 is 2.73 bits per heavy atom. The smallest absolute Gasteiger partial charge is 0.324 e. The quantitative estimate of drug-likeness (QED) is 0.731. The predicted octanol–water partition coefficient (Wildman–Crippen LogP) is 1.55. The molecule has 1 aliphatic carbocycles. The molecular formula is C19H22FN7O3. The number of urea groups is 1. The van der Waals surface area contributed by atoms with Crippen molar-refractivity contribution in [1.82, 2.24) is 30.4 Å². The summed E-state index contributed by atoms with van der Waals surface area (Å²) in [6, 6.07) is 3.38. The number of tetrazole rings is 1. The topological polar surface area (TPSA) is 122 Å². The molecule has 30 heavy (non-hydrogen) atoms. The summed E-state index contributed by atoms with van der Waals surface area (Å²) >= 11 is 0. The minimum Gasteiger partial charge on any atom is -0.324 e. The summed E-state index contributed by atoms with van der Waals surface area (Å²) in [7, 11) is 0. The molecule has 11 heteroatoms. The number of hydrogen-bond donors (Lipinski definition) is 2. The molecule has 1 saturated carbocycles. The number of aromatic nitrogens is 4. The normalized spacial score (nSPS) is 23.7. The van der Waals surface area contributed by atoms with Crippen molar-refractivity contribution in [3.05, 3.63) is 29.8 Å².